The van der Waals surface area contributed by atoms with Crippen molar-refractivity contribution in [2.75, 3.05) is 11.9 Å². The number of nitrogens with one attached hydrogen (secondary N) is 1. The van der Waals surface area contributed by atoms with Gasteiger partial charge in [-0.15, -0.1) is 0 Å². The van der Waals surface area contributed by atoms with Crippen LogP contribution in [0.3, 0.4) is 0 Å². The fourth-order valence-electron chi connectivity index (χ4n) is 2.76. The lowest BCUT2D eigenvalue weighted by atomic mass is 10.1. The largest absolute Gasteiger partial charge is 0.489 e. The molecule has 0 bridgehead atoms. The summed E-state index contributed by atoms with van der Waals surface area (Å²) < 4.78 is 12.4. The Bertz CT molecular complexity index is 1010. The summed E-state index contributed by atoms with van der Waals surface area (Å²) >= 11 is 9.65. The van der Waals surface area contributed by atoms with Crippen LogP contribution in [0.25, 0.3) is 0 Å². The summed E-state index contributed by atoms with van der Waals surface area (Å²) in [7, 11) is 0. The van der Waals surface area contributed by atoms with E-state index in [2.05, 4.69) is 21.2 Å². The number of ether oxygens (including phenoxy) is 2. The molecule has 0 fully saturated rings. The number of benzene rings is 3. The molecule has 0 aliphatic heterocycles. The van der Waals surface area contributed by atoms with Gasteiger partial charge in [0.05, 0.1) is 11.1 Å². The number of halogens is 2. The van der Waals surface area contributed by atoms with Gasteiger partial charge in [0.15, 0.2) is 11.5 Å². The maximum Gasteiger partial charge on any atom is 0.255 e. The topological polar surface area (TPSA) is 47.6 Å². The summed E-state index contributed by atoms with van der Waals surface area (Å²) in [6.45, 7) is 4.61. The van der Waals surface area contributed by atoms with Gasteiger partial charge < -0.3 is 14.8 Å². The minimum absolute atomic E-state index is 0.260. The normalized spacial score (nSPS) is 10.5. The predicted octanol–water partition coefficient (Wildman–Crippen LogP) is 6.64. The molecule has 3 aromatic rings. The third kappa shape index (κ3) is 5.31. The number of anilines is 1. The summed E-state index contributed by atoms with van der Waals surface area (Å²) in [5.74, 6) is 0.806. The molecule has 0 saturated heterocycles. The number of amides is 1. The lowest BCUT2D eigenvalue weighted by molar-refractivity contribution is 0.102. The Labute approximate surface area is 183 Å². The zero-order valence-electron chi connectivity index (χ0n) is 16.2. The van der Waals surface area contributed by atoms with Crippen molar-refractivity contribution in [1.29, 1.82) is 0 Å². The Hall–Kier alpha value is -2.50. The van der Waals surface area contributed by atoms with E-state index in [1.165, 1.54) is 0 Å². The van der Waals surface area contributed by atoms with Crippen molar-refractivity contribution < 1.29 is 14.3 Å². The Kier molecular flexibility index (Phi) is 7.18. The number of hydrogen-bond donors (Lipinski definition) is 1. The van der Waals surface area contributed by atoms with Gasteiger partial charge in [-0.2, -0.15) is 0 Å². The van der Waals surface area contributed by atoms with Crippen LogP contribution in [0.2, 0.25) is 5.02 Å². The molecule has 0 spiro atoms. The first kappa shape index (κ1) is 21.2. The summed E-state index contributed by atoms with van der Waals surface area (Å²) in [5.41, 5.74) is 2.95. The first-order valence-corrected chi connectivity index (χ1v) is 10.4. The molecule has 1 N–H and O–H groups in total. The van der Waals surface area contributed by atoms with Crippen LogP contribution in [0.1, 0.15) is 28.4 Å². The van der Waals surface area contributed by atoms with Crippen LogP contribution >= 0.6 is 27.5 Å². The molecule has 0 radical (unpaired) electrons. The number of rotatable bonds is 7. The molecule has 0 heterocycles. The highest BCUT2D eigenvalue weighted by Gasteiger charge is 2.17. The van der Waals surface area contributed by atoms with Crippen LogP contribution in [-0.2, 0) is 6.61 Å². The summed E-state index contributed by atoms with van der Waals surface area (Å²) in [5, 5.41) is 3.51. The molecule has 29 heavy (non-hydrogen) atoms. The van der Waals surface area contributed by atoms with Crippen LogP contribution in [0.15, 0.2) is 65.1 Å². The highest BCUT2D eigenvalue weighted by Crippen LogP contribution is 2.37. The Morgan fingerprint density at radius 3 is 2.55 bits per heavy atom. The van der Waals surface area contributed by atoms with Crippen molar-refractivity contribution in [2.45, 2.75) is 20.5 Å². The Morgan fingerprint density at radius 1 is 1.07 bits per heavy atom. The third-order valence-corrected chi connectivity index (χ3v) is 5.31. The predicted molar refractivity (Wildman–Crippen MR) is 120 cm³/mol. The second kappa shape index (κ2) is 9.81. The van der Waals surface area contributed by atoms with Gasteiger partial charge in [-0.3, -0.25) is 4.79 Å². The van der Waals surface area contributed by atoms with E-state index >= 15 is 0 Å². The van der Waals surface area contributed by atoms with Crippen LogP contribution in [0.5, 0.6) is 11.5 Å². The summed E-state index contributed by atoms with van der Waals surface area (Å²) in [6, 6.07) is 18.6. The van der Waals surface area contributed by atoms with Gasteiger partial charge in [-0.1, -0.05) is 48.0 Å². The molecule has 0 aliphatic carbocycles. The van der Waals surface area contributed by atoms with Crippen molar-refractivity contribution in [3.63, 3.8) is 0 Å². The average Bonchev–Trinajstić information content (AvgIpc) is 2.72. The standard InChI is InChI=1S/C23H21BrClNO3/c1-3-28-22-18(24)12-17(13-21(22)29-14-16-8-5-4-6-9-16)23(27)26-20-11-7-10-19(25)15(20)2/h4-13H,3,14H2,1-2H3,(H,26,27). The van der Waals surface area contributed by atoms with E-state index in [0.29, 0.717) is 45.5 Å². The van der Waals surface area contributed by atoms with Gasteiger partial charge >= 0.3 is 0 Å². The lowest BCUT2D eigenvalue weighted by Gasteiger charge is -2.16. The van der Waals surface area contributed by atoms with Gasteiger partial charge in [-0.25, -0.2) is 0 Å². The van der Waals surface area contributed by atoms with E-state index in [1.807, 2.05) is 50.2 Å². The first-order valence-electron chi connectivity index (χ1n) is 9.19. The van der Waals surface area contributed by atoms with E-state index in [1.54, 1.807) is 24.3 Å². The van der Waals surface area contributed by atoms with Gasteiger partial charge in [0.1, 0.15) is 6.61 Å². The van der Waals surface area contributed by atoms with E-state index in [0.717, 1.165) is 11.1 Å². The minimum Gasteiger partial charge on any atom is -0.489 e. The molecule has 6 heteroatoms. The molecule has 0 aliphatic rings. The fraction of sp³-hybridized carbons (Fsp3) is 0.174. The van der Waals surface area contributed by atoms with Gasteiger partial charge in [0, 0.05) is 16.3 Å². The van der Waals surface area contributed by atoms with Crippen molar-refractivity contribution in [3.05, 3.63) is 86.8 Å². The molecule has 3 rings (SSSR count). The number of carbonyl (C=O) groups excluding carboxylic acids is 1. The highest BCUT2D eigenvalue weighted by molar-refractivity contribution is 9.10. The zero-order valence-corrected chi connectivity index (χ0v) is 18.5. The van der Waals surface area contributed by atoms with Crippen LogP contribution in [-0.4, -0.2) is 12.5 Å². The average molecular weight is 475 g/mol. The van der Waals surface area contributed by atoms with Gasteiger partial charge in [0.2, 0.25) is 0 Å². The monoisotopic (exact) mass is 473 g/mol. The van der Waals surface area contributed by atoms with E-state index in [-0.39, 0.29) is 5.91 Å². The van der Waals surface area contributed by atoms with E-state index in [9.17, 15) is 4.79 Å². The van der Waals surface area contributed by atoms with Crippen molar-refractivity contribution in [2.24, 2.45) is 0 Å². The third-order valence-electron chi connectivity index (χ3n) is 4.31. The van der Waals surface area contributed by atoms with Crippen molar-refractivity contribution >= 4 is 39.1 Å². The van der Waals surface area contributed by atoms with Crippen molar-refractivity contribution in [3.8, 4) is 11.5 Å². The zero-order chi connectivity index (χ0) is 20.8. The molecular weight excluding hydrogens is 454 g/mol. The Balaban J connectivity index is 1.87. The highest BCUT2D eigenvalue weighted by atomic mass is 79.9. The first-order chi connectivity index (χ1) is 14.0. The molecule has 4 nitrogen and oxygen atoms in total. The molecule has 0 aromatic heterocycles. The van der Waals surface area contributed by atoms with Crippen molar-refractivity contribution in [1.82, 2.24) is 0 Å². The van der Waals surface area contributed by atoms with Gasteiger partial charge in [-0.05, 0) is 65.2 Å². The molecule has 150 valence electrons. The second-order valence-electron chi connectivity index (χ2n) is 6.36. The molecule has 1 amide bonds. The molecule has 0 unspecified atom stereocenters. The van der Waals surface area contributed by atoms with Gasteiger partial charge in [0.25, 0.3) is 5.91 Å². The number of carbonyl (C=O) groups is 1. The number of hydrogen-bond acceptors (Lipinski definition) is 3. The molecule has 0 saturated carbocycles. The molecule has 0 atom stereocenters. The molecular formula is C23H21BrClNO3. The molecule has 3 aromatic carbocycles. The SMILES string of the molecule is CCOc1c(Br)cc(C(=O)Nc2cccc(Cl)c2C)cc1OCc1ccccc1. The fourth-order valence-corrected chi connectivity index (χ4v) is 3.49. The second-order valence-corrected chi connectivity index (χ2v) is 7.62. The van der Waals surface area contributed by atoms with Crippen LogP contribution < -0.4 is 14.8 Å². The summed E-state index contributed by atoms with van der Waals surface area (Å²) in [6.07, 6.45) is 0. The smallest absolute Gasteiger partial charge is 0.255 e. The lowest BCUT2D eigenvalue weighted by Crippen LogP contribution is -2.13. The maximum atomic E-state index is 12.9. The quantitative estimate of drug-likeness (QED) is 0.417. The van der Waals surface area contributed by atoms with E-state index < -0.39 is 0 Å². The maximum absolute atomic E-state index is 12.9. The Morgan fingerprint density at radius 2 is 1.83 bits per heavy atom. The van der Waals surface area contributed by atoms with Crippen LogP contribution in [0.4, 0.5) is 5.69 Å². The minimum atomic E-state index is -0.260. The van der Waals surface area contributed by atoms with Crippen LogP contribution in [0, 0.1) is 6.92 Å². The summed E-state index contributed by atoms with van der Waals surface area (Å²) in [4.78, 5) is 12.9. The van der Waals surface area contributed by atoms with E-state index in [4.69, 9.17) is 21.1 Å².